The van der Waals surface area contributed by atoms with Crippen molar-refractivity contribution in [3.05, 3.63) is 0 Å². The number of carbonyl (C=O) groups is 3. The Labute approximate surface area is 126 Å². The molecule has 0 aromatic heterocycles. The third-order valence-electron chi connectivity index (χ3n) is 3.06. The maximum absolute atomic E-state index is 12.0. The Kier molecular flexibility index (Phi) is 9.36. The second-order valence-electron chi connectivity index (χ2n) is 5.36. The van der Waals surface area contributed by atoms with Crippen LogP contribution in [0.1, 0.15) is 34.1 Å². The van der Waals surface area contributed by atoms with Gasteiger partial charge in [0.05, 0.1) is 6.04 Å². The average molecular weight is 300 g/mol. The van der Waals surface area contributed by atoms with Gasteiger partial charge in [-0.05, 0) is 25.8 Å². The number of amides is 3. The molecular weight excluding hydrogens is 272 g/mol. The summed E-state index contributed by atoms with van der Waals surface area (Å²) in [5.74, 6) is -0.458. The van der Waals surface area contributed by atoms with E-state index in [-0.39, 0.29) is 23.6 Å². The maximum Gasteiger partial charge on any atom is 0.242 e. The van der Waals surface area contributed by atoms with Crippen LogP contribution in [0, 0.1) is 5.92 Å². The first-order valence-electron chi connectivity index (χ1n) is 7.29. The van der Waals surface area contributed by atoms with Gasteiger partial charge in [0.15, 0.2) is 0 Å². The molecule has 0 bridgehead atoms. The molecule has 2 atom stereocenters. The van der Waals surface area contributed by atoms with Gasteiger partial charge in [-0.3, -0.25) is 14.4 Å². The van der Waals surface area contributed by atoms with E-state index >= 15 is 0 Å². The molecule has 3 amide bonds. The van der Waals surface area contributed by atoms with Gasteiger partial charge in [-0.15, -0.1) is 0 Å². The summed E-state index contributed by atoms with van der Waals surface area (Å²) in [5, 5.41) is 11.0. The van der Waals surface area contributed by atoms with Crippen LogP contribution in [-0.4, -0.2) is 49.9 Å². The van der Waals surface area contributed by atoms with Gasteiger partial charge in [0.25, 0.3) is 0 Å². The molecule has 4 N–H and O–H groups in total. The normalized spacial score (nSPS) is 13.4. The molecule has 0 aliphatic carbocycles. The largest absolute Gasteiger partial charge is 0.357 e. The molecule has 0 saturated heterocycles. The van der Waals surface area contributed by atoms with Gasteiger partial charge < -0.3 is 21.3 Å². The molecule has 0 rings (SSSR count). The van der Waals surface area contributed by atoms with E-state index < -0.39 is 12.1 Å². The van der Waals surface area contributed by atoms with Crippen LogP contribution < -0.4 is 21.3 Å². The van der Waals surface area contributed by atoms with Gasteiger partial charge >= 0.3 is 0 Å². The molecule has 0 saturated carbocycles. The minimum absolute atomic E-state index is 0.0147. The third kappa shape index (κ3) is 8.29. The molecular formula is C14H28N4O3. The van der Waals surface area contributed by atoms with Gasteiger partial charge in [0, 0.05) is 20.5 Å². The maximum atomic E-state index is 12.0. The fraction of sp³-hybridized carbons (Fsp3) is 0.786. The lowest BCUT2D eigenvalue weighted by molar-refractivity contribution is -0.130. The Morgan fingerprint density at radius 2 is 1.62 bits per heavy atom. The molecule has 0 aliphatic rings. The Morgan fingerprint density at radius 1 is 1.00 bits per heavy atom. The van der Waals surface area contributed by atoms with Crippen molar-refractivity contribution in [3.63, 3.8) is 0 Å². The first-order chi connectivity index (χ1) is 9.79. The highest BCUT2D eigenvalue weighted by molar-refractivity contribution is 5.89. The average Bonchev–Trinajstić information content (AvgIpc) is 2.42. The molecule has 0 aliphatic heterocycles. The van der Waals surface area contributed by atoms with Gasteiger partial charge in [-0.25, -0.2) is 0 Å². The van der Waals surface area contributed by atoms with E-state index in [1.54, 1.807) is 14.0 Å². The molecule has 0 spiro atoms. The van der Waals surface area contributed by atoms with E-state index in [0.717, 1.165) is 6.42 Å². The zero-order valence-corrected chi connectivity index (χ0v) is 13.6. The Balaban J connectivity index is 4.13. The zero-order chi connectivity index (χ0) is 16.4. The smallest absolute Gasteiger partial charge is 0.242 e. The van der Waals surface area contributed by atoms with Crippen LogP contribution in [0.4, 0.5) is 0 Å². The lowest BCUT2D eigenvalue weighted by Gasteiger charge is -2.23. The highest BCUT2D eigenvalue weighted by atomic mass is 16.2. The molecule has 7 heteroatoms. The molecule has 1 unspecified atom stereocenters. The molecule has 0 heterocycles. The molecule has 0 aromatic rings. The number of rotatable bonds is 9. The fourth-order valence-corrected chi connectivity index (χ4v) is 1.73. The van der Waals surface area contributed by atoms with Crippen molar-refractivity contribution in [2.75, 3.05) is 20.1 Å². The van der Waals surface area contributed by atoms with Crippen molar-refractivity contribution < 1.29 is 14.4 Å². The molecule has 0 aromatic carbocycles. The fourth-order valence-electron chi connectivity index (χ4n) is 1.73. The Bertz CT molecular complexity index is 358. The van der Waals surface area contributed by atoms with Crippen LogP contribution in [0.2, 0.25) is 0 Å². The summed E-state index contributed by atoms with van der Waals surface area (Å²) >= 11 is 0. The highest BCUT2D eigenvalue weighted by Gasteiger charge is 2.24. The number of hydrogen-bond donors (Lipinski definition) is 4. The highest BCUT2D eigenvalue weighted by Crippen LogP contribution is 2.02. The summed E-state index contributed by atoms with van der Waals surface area (Å²) < 4.78 is 0. The summed E-state index contributed by atoms with van der Waals surface area (Å²) in [7, 11) is 1.55. The van der Waals surface area contributed by atoms with Crippen LogP contribution in [0.15, 0.2) is 0 Å². The minimum atomic E-state index is -0.536. The SMILES string of the molecule is CNC(=O)C(NC(=O)[C@H](C)NCCCNC(C)=O)C(C)C. The summed E-state index contributed by atoms with van der Waals surface area (Å²) in [6.07, 6.45) is 0.736. The van der Waals surface area contributed by atoms with Crippen LogP contribution in [0.25, 0.3) is 0 Å². The van der Waals surface area contributed by atoms with Crippen molar-refractivity contribution in [1.82, 2.24) is 21.3 Å². The molecule has 21 heavy (non-hydrogen) atoms. The monoisotopic (exact) mass is 300 g/mol. The second-order valence-corrected chi connectivity index (χ2v) is 5.36. The summed E-state index contributed by atoms with van der Waals surface area (Å²) in [6.45, 7) is 8.16. The quantitative estimate of drug-likeness (QED) is 0.426. The van der Waals surface area contributed by atoms with Crippen molar-refractivity contribution in [1.29, 1.82) is 0 Å². The van der Waals surface area contributed by atoms with E-state index in [0.29, 0.717) is 13.1 Å². The van der Waals surface area contributed by atoms with Crippen LogP contribution >= 0.6 is 0 Å². The van der Waals surface area contributed by atoms with Crippen LogP contribution in [0.5, 0.6) is 0 Å². The Hall–Kier alpha value is -1.63. The molecule has 122 valence electrons. The standard InChI is InChI=1S/C14H28N4O3/c1-9(2)12(14(21)15-5)18-13(20)10(3)16-7-6-8-17-11(4)19/h9-10,12,16H,6-8H2,1-5H3,(H,15,21)(H,17,19)(H,18,20)/t10-,12?/m0/s1. The van der Waals surface area contributed by atoms with Crippen molar-refractivity contribution in [2.45, 2.75) is 46.2 Å². The van der Waals surface area contributed by atoms with Crippen LogP contribution in [-0.2, 0) is 14.4 Å². The summed E-state index contributed by atoms with van der Waals surface area (Å²) in [6, 6.07) is -0.931. The van der Waals surface area contributed by atoms with Crippen molar-refractivity contribution in [3.8, 4) is 0 Å². The van der Waals surface area contributed by atoms with Gasteiger partial charge in [-0.2, -0.15) is 0 Å². The van der Waals surface area contributed by atoms with Gasteiger partial charge in [-0.1, -0.05) is 13.8 Å². The number of likely N-dealkylation sites (N-methyl/N-ethyl adjacent to an activating group) is 1. The van der Waals surface area contributed by atoms with E-state index in [2.05, 4.69) is 21.3 Å². The first kappa shape index (κ1) is 19.4. The first-order valence-corrected chi connectivity index (χ1v) is 7.29. The van der Waals surface area contributed by atoms with E-state index in [1.807, 2.05) is 13.8 Å². The van der Waals surface area contributed by atoms with Crippen molar-refractivity contribution >= 4 is 17.7 Å². The molecule has 7 nitrogen and oxygen atoms in total. The lowest BCUT2D eigenvalue weighted by atomic mass is 10.0. The topological polar surface area (TPSA) is 99.3 Å². The van der Waals surface area contributed by atoms with E-state index in [1.165, 1.54) is 6.92 Å². The molecule has 0 fully saturated rings. The predicted molar refractivity (Wildman–Crippen MR) is 81.6 cm³/mol. The van der Waals surface area contributed by atoms with E-state index in [9.17, 15) is 14.4 Å². The second kappa shape index (κ2) is 10.1. The number of hydrogen-bond acceptors (Lipinski definition) is 4. The van der Waals surface area contributed by atoms with Gasteiger partial charge in [0.1, 0.15) is 6.04 Å². The summed E-state index contributed by atoms with van der Waals surface area (Å²) in [4.78, 5) is 34.4. The molecule has 0 radical (unpaired) electrons. The third-order valence-corrected chi connectivity index (χ3v) is 3.06. The number of carbonyl (C=O) groups excluding carboxylic acids is 3. The van der Waals surface area contributed by atoms with Crippen LogP contribution in [0.3, 0.4) is 0 Å². The number of nitrogens with one attached hydrogen (secondary N) is 4. The van der Waals surface area contributed by atoms with Gasteiger partial charge in [0.2, 0.25) is 17.7 Å². The summed E-state index contributed by atoms with van der Waals surface area (Å²) in [5.41, 5.74) is 0. The van der Waals surface area contributed by atoms with Crippen molar-refractivity contribution in [2.24, 2.45) is 5.92 Å². The Morgan fingerprint density at radius 3 is 2.10 bits per heavy atom. The zero-order valence-electron chi connectivity index (χ0n) is 13.6. The minimum Gasteiger partial charge on any atom is -0.357 e. The van der Waals surface area contributed by atoms with E-state index in [4.69, 9.17) is 0 Å². The predicted octanol–water partition coefficient (Wildman–Crippen LogP) is -0.622. The lowest BCUT2D eigenvalue weighted by Crippen LogP contribution is -2.53.